The molecule has 0 radical (unpaired) electrons. The molecule has 0 saturated carbocycles. The largest absolute Gasteiger partial charge is 0.327 e. The zero-order valence-corrected chi connectivity index (χ0v) is 7.14. The van der Waals surface area contributed by atoms with E-state index in [4.69, 9.17) is 5.73 Å². The van der Waals surface area contributed by atoms with Gasteiger partial charge in [0.15, 0.2) is 5.78 Å². The van der Waals surface area contributed by atoms with Crippen molar-refractivity contribution in [2.45, 2.75) is 13.0 Å². The van der Waals surface area contributed by atoms with Crippen LogP contribution in [-0.2, 0) is 13.9 Å². The van der Waals surface area contributed by atoms with Crippen molar-refractivity contribution in [1.82, 2.24) is 0 Å². The van der Waals surface area contributed by atoms with Gasteiger partial charge in [-0.1, -0.05) is 6.58 Å². The standard InChI is InChI=1S/C6H10NO3P/c1-4(2)6(8)5(7)3-10-11-9/h5H,1,3,7H2,2H3. The molecule has 4 nitrogen and oxygen atoms in total. The summed E-state index contributed by atoms with van der Waals surface area (Å²) in [7, 11) is -0.464. The van der Waals surface area contributed by atoms with Gasteiger partial charge >= 0.3 is 8.69 Å². The molecule has 0 aromatic carbocycles. The summed E-state index contributed by atoms with van der Waals surface area (Å²) < 4.78 is 14.2. The Morgan fingerprint density at radius 1 is 1.82 bits per heavy atom. The fraction of sp³-hybridized carbons (Fsp3) is 0.500. The third-order valence-electron chi connectivity index (χ3n) is 1.06. The highest BCUT2D eigenvalue weighted by atomic mass is 31.1. The number of carbonyl (C=O) groups excluding carboxylic acids is 1. The quantitative estimate of drug-likeness (QED) is 0.492. The predicted molar refractivity (Wildman–Crippen MR) is 41.4 cm³/mol. The van der Waals surface area contributed by atoms with Gasteiger partial charge in [-0.25, -0.2) is 4.57 Å². The van der Waals surface area contributed by atoms with Crippen molar-refractivity contribution in [3.8, 4) is 0 Å². The Labute approximate surface area is 66.7 Å². The van der Waals surface area contributed by atoms with Gasteiger partial charge in [0.2, 0.25) is 0 Å². The monoisotopic (exact) mass is 175 g/mol. The molecule has 0 rings (SSSR count). The molecule has 0 aromatic rings. The Hall–Kier alpha value is -0.570. The van der Waals surface area contributed by atoms with Crippen LogP contribution in [0.1, 0.15) is 6.92 Å². The topological polar surface area (TPSA) is 69.4 Å². The maximum atomic E-state index is 10.9. The summed E-state index contributed by atoms with van der Waals surface area (Å²) in [6, 6.07) is -0.756. The van der Waals surface area contributed by atoms with Crippen LogP contribution in [0, 0.1) is 0 Å². The van der Waals surface area contributed by atoms with Crippen molar-refractivity contribution in [1.29, 1.82) is 0 Å². The number of Topliss-reactive ketones (excluding diaryl/α,β-unsaturated/α-hetero) is 1. The van der Waals surface area contributed by atoms with Crippen LogP contribution in [-0.4, -0.2) is 18.4 Å². The van der Waals surface area contributed by atoms with Crippen LogP contribution in [0.15, 0.2) is 12.2 Å². The van der Waals surface area contributed by atoms with Crippen LogP contribution in [0.2, 0.25) is 0 Å². The van der Waals surface area contributed by atoms with E-state index in [1.807, 2.05) is 0 Å². The molecule has 0 aliphatic heterocycles. The minimum absolute atomic E-state index is 0.0449. The van der Waals surface area contributed by atoms with Gasteiger partial charge in [0.05, 0.1) is 12.6 Å². The molecule has 1 atom stereocenters. The fourth-order valence-corrected chi connectivity index (χ4v) is 0.724. The van der Waals surface area contributed by atoms with E-state index in [0.29, 0.717) is 5.57 Å². The number of hydrogen-bond acceptors (Lipinski definition) is 4. The third kappa shape index (κ3) is 3.98. The molecular formula is C6H10NO3P. The van der Waals surface area contributed by atoms with Crippen molar-refractivity contribution in [3.05, 3.63) is 12.2 Å². The van der Waals surface area contributed by atoms with Crippen LogP contribution < -0.4 is 5.73 Å². The molecule has 0 saturated heterocycles. The molecule has 0 aliphatic rings. The fourth-order valence-electron chi connectivity index (χ4n) is 0.503. The number of rotatable bonds is 5. The molecule has 0 bridgehead atoms. The summed E-state index contributed by atoms with van der Waals surface area (Å²) in [6.45, 7) is 4.94. The molecule has 62 valence electrons. The molecule has 11 heavy (non-hydrogen) atoms. The normalized spacial score (nSPS) is 12.9. The second-order valence-corrected chi connectivity index (χ2v) is 2.53. The van der Waals surface area contributed by atoms with Gasteiger partial charge in [0, 0.05) is 0 Å². The number of hydrogen-bond donors (Lipinski definition) is 1. The molecular weight excluding hydrogens is 165 g/mol. The van der Waals surface area contributed by atoms with E-state index in [-0.39, 0.29) is 12.4 Å². The van der Waals surface area contributed by atoms with Crippen molar-refractivity contribution in [2.24, 2.45) is 5.73 Å². The van der Waals surface area contributed by atoms with Gasteiger partial charge < -0.3 is 5.73 Å². The molecule has 0 spiro atoms. The van der Waals surface area contributed by atoms with Gasteiger partial charge in [-0.2, -0.15) is 0 Å². The van der Waals surface area contributed by atoms with E-state index in [2.05, 4.69) is 11.1 Å². The minimum Gasteiger partial charge on any atom is -0.319 e. The molecule has 0 amide bonds. The highest BCUT2D eigenvalue weighted by Crippen LogP contribution is 1.99. The Morgan fingerprint density at radius 3 is 2.73 bits per heavy atom. The highest BCUT2D eigenvalue weighted by molar-refractivity contribution is 7.17. The molecule has 1 unspecified atom stereocenters. The summed E-state index contributed by atoms with van der Waals surface area (Å²) in [5.41, 5.74) is 5.70. The van der Waals surface area contributed by atoms with E-state index in [9.17, 15) is 9.36 Å². The lowest BCUT2D eigenvalue weighted by molar-refractivity contribution is -0.117. The number of ketones is 1. The van der Waals surface area contributed by atoms with Crippen molar-refractivity contribution in [2.75, 3.05) is 6.61 Å². The van der Waals surface area contributed by atoms with E-state index in [0.717, 1.165) is 0 Å². The van der Waals surface area contributed by atoms with Crippen LogP contribution >= 0.6 is 8.69 Å². The summed E-state index contributed by atoms with van der Waals surface area (Å²) >= 11 is 0. The number of carbonyl (C=O) groups is 1. The van der Waals surface area contributed by atoms with E-state index >= 15 is 0 Å². The van der Waals surface area contributed by atoms with Crippen molar-refractivity contribution in [3.63, 3.8) is 0 Å². The summed E-state index contributed by atoms with van der Waals surface area (Å²) in [4.78, 5) is 10.9. The van der Waals surface area contributed by atoms with Gasteiger partial charge in [-0.05, 0) is 12.5 Å². The smallest absolute Gasteiger partial charge is 0.319 e. The first-order chi connectivity index (χ1) is 5.09. The molecule has 2 N–H and O–H groups in total. The van der Waals surface area contributed by atoms with E-state index < -0.39 is 14.7 Å². The highest BCUT2D eigenvalue weighted by Gasteiger charge is 2.13. The van der Waals surface area contributed by atoms with Gasteiger partial charge in [-0.15, -0.1) is 0 Å². The molecule has 0 heterocycles. The van der Waals surface area contributed by atoms with Crippen molar-refractivity contribution >= 4 is 14.5 Å². The predicted octanol–water partition coefficient (Wildman–Crippen LogP) is 0.682. The Balaban J connectivity index is 3.82. The lowest BCUT2D eigenvalue weighted by Gasteiger charge is -2.06. The average Bonchev–Trinajstić information content (AvgIpc) is 1.98. The Bertz CT molecular complexity index is 181. The third-order valence-corrected chi connectivity index (χ3v) is 1.32. The maximum absolute atomic E-state index is 10.9. The zero-order valence-electron chi connectivity index (χ0n) is 6.24. The summed E-state index contributed by atoms with van der Waals surface area (Å²) in [5.74, 6) is -0.270. The van der Waals surface area contributed by atoms with E-state index in [1.165, 1.54) is 0 Å². The summed E-state index contributed by atoms with van der Waals surface area (Å²) in [5, 5.41) is 0. The van der Waals surface area contributed by atoms with Crippen LogP contribution in [0.4, 0.5) is 0 Å². The summed E-state index contributed by atoms with van der Waals surface area (Å²) in [6.07, 6.45) is 0. The van der Waals surface area contributed by atoms with E-state index in [1.54, 1.807) is 6.92 Å². The first-order valence-corrected chi connectivity index (χ1v) is 3.72. The molecule has 0 aromatic heterocycles. The van der Waals surface area contributed by atoms with Gasteiger partial charge in [0.1, 0.15) is 0 Å². The number of nitrogens with two attached hydrogens (primary N) is 1. The maximum Gasteiger partial charge on any atom is 0.327 e. The molecule has 0 aliphatic carbocycles. The minimum atomic E-state index is -0.756. The first-order valence-electron chi connectivity index (χ1n) is 2.99. The second kappa shape index (κ2) is 5.13. The lowest BCUT2D eigenvalue weighted by Crippen LogP contribution is -2.34. The Morgan fingerprint density at radius 2 is 2.36 bits per heavy atom. The molecule has 0 fully saturated rings. The van der Waals surface area contributed by atoms with Crippen LogP contribution in [0.3, 0.4) is 0 Å². The zero-order chi connectivity index (χ0) is 8.85. The van der Waals surface area contributed by atoms with Crippen LogP contribution in [0.25, 0.3) is 0 Å². The van der Waals surface area contributed by atoms with Gasteiger partial charge in [-0.3, -0.25) is 9.32 Å². The molecule has 5 heteroatoms. The van der Waals surface area contributed by atoms with Crippen molar-refractivity contribution < 1.29 is 13.9 Å². The Kier molecular flexibility index (Phi) is 4.86. The lowest BCUT2D eigenvalue weighted by atomic mass is 10.1. The SMILES string of the molecule is C=C(C)C(=O)C(N)COP=O. The first kappa shape index (κ1) is 10.4. The second-order valence-electron chi connectivity index (χ2n) is 2.12. The van der Waals surface area contributed by atoms with Crippen LogP contribution in [0.5, 0.6) is 0 Å². The van der Waals surface area contributed by atoms with Gasteiger partial charge in [0.25, 0.3) is 0 Å². The average molecular weight is 175 g/mol.